The zero-order chi connectivity index (χ0) is 15.4. The lowest BCUT2D eigenvalue weighted by Gasteiger charge is -2.51. The quantitative estimate of drug-likeness (QED) is 0.297. The van der Waals surface area contributed by atoms with Crippen LogP contribution in [-0.4, -0.2) is 81.0 Å². The Hall–Kier alpha value is 0.0800. The van der Waals surface area contributed by atoms with Crippen molar-refractivity contribution in [3.05, 3.63) is 0 Å². The summed E-state index contributed by atoms with van der Waals surface area (Å²) in [7, 11) is 2.41. The minimum absolute atomic E-state index is 0. The fourth-order valence-corrected chi connectivity index (χ4v) is 4.62. The van der Waals surface area contributed by atoms with Crippen molar-refractivity contribution in [3.63, 3.8) is 0 Å². The van der Waals surface area contributed by atoms with Gasteiger partial charge in [-0.15, -0.1) is 0 Å². The number of piperidine rings is 2. The molecule has 3 unspecified atom stereocenters. The average molecular weight is 438 g/mol. The van der Waals surface area contributed by atoms with Crippen LogP contribution in [0.5, 0.6) is 0 Å². The van der Waals surface area contributed by atoms with Gasteiger partial charge in [0, 0.05) is 25.4 Å². The van der Waals surface area contributed by atoms with Crippen molar-refractivity contribution in [1.29, 1.82) is 0 Å². The Labute approximate surface area is 157 Å². The zero-order valence-electron chi connectivity index (χ0n) is 14.3. The monoisotopic (exact) mass is 438 g/mol. The van der Waals surface area contributed by atoms with E-state index in [9.17, 15) is 4.79 Å². The highest BCUT2D eigenvalue weighted by molar-refractivity contribution is 5.71. The summed E-state index contributed by atoms with van der Waals surface area (Å²) in [6.45, 7) is 6.81. The second-order valence-corrected chi connectivity index (χ2v) is 7.46. The van der Waals surface area contributed by atoms with Gasteiger partial charge >= 0.3 is 5.97 Å². The van der Waals surface area contributed by atoms with Crippen LogP contribution in [0.15, 0.2) is 0 Å². The number of carbonyl (C=O) groups excluding carboxylic acids is 1. The molecule has 0 aliphatic carbocycles. The highest BCUT2D eigenvalue weighted by atomic mass is 127. The number of rotatable bonds is 4. The van der Waals surface area contributed by atoms with Gasteiger partial charge < -0.3 is 37.9 Å². The first-order chi connectivity index (χ1) is 10.7. The van der Waals surface area contributed by atoms with E-state index in [0.29, 0.717) is 25.1 Å². The zero-order valence-corrected chi connectivity index (χ0v) is 16.5. The van der Waals surface area contributed by atoms with Gasteiger partial charge in [0.25, 0.3) is 0 Å². The summed E-state index contributed by atoms with van der Waals surface area (Å²) in [5.41, 5.74) is 0. The van der Waals surface area contributed by atoms with Crippen molar-refractivity contribution < 1.29 is 42.7 Å². The lowest BCUT2D eigenvalue weighted by molar-refractivity contribution is -0.947. The van der Waals surface area contributed by atoms with Gasteiger partial charge in [-0.2, -0.15) is 0 Å². The van der Waals surface area contributed by atoms with Crippen LogP contribution in [0.2, 0.25) is 0 Å². The normalized spacial score (nSPS) is 35.0. The third kappa shape index (κ3) is 5.03. The van der Waals surface area contributed by atoms with Gasteiger partial charge in [-0.3, -0.25) is 9.69 Å². The van der Waals surface area contributed by atoms with Crippen LogP contribution < -0.4 is 24.0 Å². The average Bonchev–Trinajstić information content (AvgIpc) is 2.53. The van der Waals surface area contributed by atoms with Gasteiger partial charge in [-0.25, -0.2) is 0 Å². The Morgan fingerprint density at radius 3 is 2.70 bits per heavy atom. The van der Waals surface area contributed by atoms with Gasteiger partial charge in [0.1, 0.15) is 0 Å². The van der Waals surface area contributed by atoms with Crippen LogP contribution in [0, 0.1) is 5.92 Å². The fraction of sp³-hybridized carbons (Fsp3) is 0.941. The number of quaternary nitrogens is 1. The molecule has 0 N–H and O–H groups in total. The van der Waals surface area contributed by atoms with Crippen LogP contribution >= 0.6 is 0 Å². The molecule has 5 nitrogen and oxygen atoms in total. The van der Waals surface area contributed by atoms with E-state index >= 15 is 0 Å². The van der Waals surface area contributed by atoms with Crippen molar-refractivity contribution in [2.24, 2.45) is 5.92 Å². The molecule has 3 saturated heterocycles. The summed E-state index contributed by atoms with van der Waals surface area (Å²) in [5.74, 6) is 0.505. The van der Waals surface area contributed by atoms with Gasteiger partial charge in [-0.1, -0.05) is 0 Å². The topological polar surface area (TPSA) is 38.8 Å². The summed E-state index contributed by atoms with van der Waals surface area (Å²) in [4.78, 5) is 14.2. The maximum absolute atomic E-state index is 12.1. The van der Waals surface area contributed by atoms with E-state index < -0.39 is 0 Å². The SMILES string of the molecule is C[N+]12CCCCC1C(COC(=O)CN1CCOCC1)CCC2.[I-]. The van der Waals surface area contributed by atoms with Crippen LogP contribution in [-0.2, 0) is 14.3 Å². The van der Waals surface area contributed by atoms with Gasteiger partial charge in [0.2, 0.25) is 0 Å². The Morgan fingerprint density at radius 1 is 1.17 bits per heavy atom. The number of esters is 1. The number of hydrogen-bond acceptors (Lipinski definition) is 4. The van der Waals surface area contributed by atoms with Crippen LogP contribution in [0.3, 0.4) is 0 Å². The van der Waals surface area contributed by atoms with E-state index in [1.165, 1.54) is 49.7 Å². The Balaban J connectivity index is 0.00000192. The van der Waals surface area contributed by atoms with Crippen molar-refractivity contribution >= 4 is 5.97 Å². The molecule has 3 fully saturated rings. The largest absolute Gasteiger partial charge is 1.00 e. The molecule has 134 valence electrons. The summed E-state index contributed by atoms with van der Waals surface area (Å²) < 4.78 is 12.2. The molecule has 23 heavy (non-hydrogen) atoms. The first kappa shape index (κ1) is 19.4. The summed E-state index contributed by atoms with van der Waals surface area (Å²) in [6, 6.07) is 0.707. The first-order valence-electron chi connectivity index (χ1n) is 8.97. The molecule has 0 saturated carbocycles. The maximum atomic E-state index is 12.1. The highest BCUT2D eigenvalue weighted by Crippen LogP contribution is 2.36. The lowest BCUT2D eigenvalue weighted by atomic mass is 9.82. The molecule has 3 heterocycles. The number of morpholine rings is 1. The molecule has 3 atom stereocenters. The van der Waals surface area contributed by atoms with Crippen LogP contribution in [0.25, 0.3) is 0 Å². The molecule has 6 heteroatoms. The van der Waals surface area contributed by atoms with Gasteiger partial charge in [-0.05, 0) is 25.7 Å². The number of hydrogen-bond donors (Lipinski definition) is 0. The molecule has 0 spiro atoms. The van der Waals surface area contributed by atoms with E-state index in [0.717, 1.165) is 26.3 Å². The van der Waals surface area contributed by atoms with Crippen molar-refractivity contribution in [1.82, 2.24) is 4.90 Å². The van der Waals surface area contributed by atoms with Crippen molar-refractivity contribution in [3.8, 4) is 0 Å². The minimum atomic E-state index is -0.0579. The van der Waals surface area contributed by atoms with Crippen LogP contribution in [0.1, 0.15) is 32.1 Å². The van der Waals surface area contributed by atoms with E-state index in [4.69, 9.17) is 9.47 Å². The summed E-state index contributed by atoms with van der Waals surface area (Å²) >= 11 is 0. The molecule has 0 amide bonds. The van der Waals surface area contributed by atoms with Gasteiger partial charge in [0.15, 0.2) is 0 Å². The lowest BCUT2D eigenvalue weighted by Crippen LogP contribution is -3.00. The number of carbonyl (C=O) groups is 1. The first-order valence-corrected chi connectivity index (χ1v) is 8.97. The van der Waals surface area contributed by atoms with Crippen molar-refractivity contribution in [2.75, 3.05) is 59.6 Å². The molecule has 3 rings (SSSR count). The predicted molar refractivity (Wildman–Crippen MR) is 84.5 cm³/mol. The number of ether oxygens (including phenoxy) is 2. The Kier molecular flexibility index (Phi) is 7.56. The maximum Gasteiger partial charge on any atom is 0.320 e. The molecule has 0 aromatic carbocycles. The summed E-state index contributed by atoms with van der Waals surface area (Å²) in [6.07, 6.45) is 6.51. The standard InChI is InChI=1S/C17H31N2O3.HI/c1-19-9-3-2-6-16(19)15(5-4-10-19)14-22-17(20)13-18-7-11-21-12-8-18;/h15-16H,2-14H2,1H3;1H/q+1;/p-1. The Bertz CT molecular complexity index is 386. The third-order valence-electron chi connectivity index (χ3n) is 5.92. The fourth-order valence-electron chi connectivity index (χ4n) is 4.62. The second kappa shape index (κ2) is 8.97. The molecular formula is C17H31IN2O3. The highest BCUT2D eigenvalue weighted by Gasteiger charge is 2.43. The molecule has 0 aromatic heterocycles. The molecule has 0 bridgehead atoms. The van der Waals surface area contributed by atoms with Crippen LogP contribution in [0.4, 0.5) is 0 Å². The molecular weight excluding hydrogens is 407 g/mol. The van der Waals surface area contributed by atoms with E-state index in [2.05, 4.69) is 11.9 Å². The van der Waals surface area contributed by atoms with E-state index in [-0.39, 0.29) is 29.9 Å². The third-order valence-corrected chi connectivity index (χ3v) is 5.92. The molecule has 0 radical (unpaired) electrons. The number of nitrogens with zero attached hydrogens (tertiary/aromatic N) is 2. The molecule has 3 aliphatic heterocycles. The predicted octanol–water partition coefficient (Wildman–Crippen LogP) is -1.73. The minimum Gasteiger partial charge on any atom is -1.00 e. The number of fused-ring (bicyclic) bond motifs is 1. The smallest absolute Gasteiger partial charge is 0.320 e. The Morgan fingerprint density at radius 2 is 1.91 bits per heavy atom. The van der Waals surface area contributed by atoms with E-state index in [1.807, 2.05) is 0 Å². The van der Waals surface area contributed by atoms with E-state index in [1.54, 1.807) is 0 Å². The molecule has 3 aliphatic rings. The second-order valence-electron chi connectivity index (χ2n) is 7.46. The molecule has 0 aromatic rings. The van der Waals surface area contributed by atoms with Crippen molar-refractivity contribution in [2.45, 2.75) is 38.1 Å². The number of halogens is 1. The summed E-state index contributed by atoms with van der Waals surface area (Å²) in [5, 5.41) is 0. The van der Waals surface area contributed by atoms with Gasteiger partial charge in [0.05, 0.1) is 52.5 Å².